The molecule has 1 heterocycles. The molecule has 0 saturated heterocycles. The van der Waals surface area contributed by atoms with E-state index in [4.69, 9.17) is 0 Å². The Bertz CT molecular complexity index is 985. The minimum atomic E-state index is -1.99. The summed E-state index contributed by atoms with van der Waals surface area (Å²) in [5, 5.41) is 2.55. The Morgan fingerprint density at radius 2 is 1.81 bits per heavy atom. The number of hydrogen-bond acceptors (Lipinski definition) is 6. The Morgan fingerprint density at radius 1 is 1.11 bits per heavy atom. The van der Waals surface area contributed by atoms with Gasteiger partial charge in [-0.05, 0) is 20.2 Å². The van der Waals surface area contributed by atoms with Crippen LogP contribution in [0.2, 0.25) is 0 Å². The van der Waals surface area contributed by atoms with E-state index >= 15 is 0 Å². The standard InChI is InChI=1S/C17H13F4N3O2S/c1-24(2)4-3-22-9-6-10(25)14-16(15(9)26)27-17(23-14)7-5-8(18)12(20)13(21)11(7)19/h5-6,22H,3-4H2,1-2H3. The molecule has 0 spiro atoms. The van der Waals surface area contributed by atoms with Gasteiger partial charge in [-0.1, -0.05) is 0 Å². The number of allylic oxidation sites excluding steroid dienone is 2. The lowest BCUT2D eigenvalue weighted by atomic mass is 10.0. The smallest absolute Gasteiger partial charge is 0.221 e. The minimum absolute atomic E-state index is 0.0569. The second kappa shape index (κ2) is 7.20. The summed E-state index contributed by atoms with van der Waals surface area (Å²) in [5.74, 6) is -8.30. The van der Waals surface area contributed by atoms with E-state index < -0.39 is 40.4 Å². The molecule has 5 nitrogen and oxygen atoms in total. The van der Waals surface area contributed by atoms with Crippen LogP contribution in [0.4, 0.5) is 17.6 Å². The van der Waals surface area contributed by atoms with Crippen LogP contribution in [-0.4, -0.2) is 48.6 Å². The predicted octanol–water partition coefficient (Wildman–Crippen LogP) is 2.78. The number of ketones is 2. The number of fused-ring (bicyclic) bond motifs is 1. The Balaban J connectivity index is 1.96. The lowest BCUT2D eigenvalue weighted by Crippen LogP contribution is -2.31. The van der Waals surface area contributed by atoms with Crippen molar-refractivity contribution in [1.82, 2.24) is 15.2 Å². The average molecular weight is 399 g/mol. The maximum absolute atomic E-state index is 14.0. The number of aromatic nitrogens is 1. The van der Waals surface area contributed by atoms with Crippen LogP contribution in [0.25, 0.3) is 10.6 Å². The third kappa shape index (κ3) is 3.50. The molecule has 1 aromatic heterocycles. The van der Waals surface area contributed by atoms with E-state index in [-0.39, 0.29) is 21.3 Å². The van der Waals surface area contributed by atoms with Crippen molar-refractivity contribution in [1.29, 1.82) is 0 Å². The van der Waals surface area contributed by atoms with Crippen molar-refractivity contribution in [2.24, 2.45) is 0 Å². The third-order valence-corrected chi connectivity index (χ3v) is 4.88. The molecule has 0 fully saturated rings. The summed E-state index contributed by atoms with van der Waals surface area (Å²) in [5.41, 5.74) is -0.835. The maximum Gasteiger partial charge on any atom is 0.221 e. The number of Topliss-reactive ketones (excluding diaryl/α,β-unsaturated/α-hetero) is 1. The van der Waals surface area contributed by atoms with Gasteiger partial charge in [0.05, 0.1) is 11.3 Å². The molecule has 3 rings (SSSR count). The number of nitrogens with one attached hydrogen (secondary N) is 1. The lowest BCUT2D eigenvalue weighted by Gasteiger charge is -2.15. The van der Waals surface area contributed by atoms with Crippen LogP contribution in [0.15, 0.2) is 17.8 Å². The number of carbonyl (C=O) groups is 2. The van der Waals surface area contributed by atoms with E-state index in [1.165, 1.54) is 0 Å². The van der Waals surface area contributed by atoms with E-state index in [0.717, 1.165) is 6.08 Å². The zero-order valence-electron chi connectivity index (χ0n) is 14.2. The molecular weight excluding hydrogens is 386 g/mol. The number of thiazole rings is 1. The van der Waals surface area contributed by atoms with E-state index in [9.17, 15) is 27.2 Å². The Kier molecular flexibility index (Phi) is 5.11. The summed E-state index contributed by atoms with van der Waals surface area (Å²) in [7, 11) is 3.68. The van der Waals surface area contributed by atoms with Gasteiger partial charge < -0.3 is 10.2 Å². The number of likely N-dealkylation sites (N-methyl/N-ethyl adjacent to an activating group) is 1. The molecule has 0 atom stereocenters. The van der Waals surface area contributed by atoms with Gasteiger partial charge in [-0.3, -0.25) is 9.59 Å². The minimum Gasteiger partial charge on any atom is -0.380 e. The van der Waals surface area contributed by atoms with E-state index in [1.54, 1.807) is 0 Å². The van der Waals surface area contributed by atoms with Crippen molar-refractivity contribution in [3.63, 3.8) is 0 Å². The van der Waals surface area contributed by atoms with Crippen molar-refractivity contribution in [3.8, 4) is 10.6 Å². The van der Waals surface area contributed by atoms with E-state index in [2.05, 4.69) is 10.3 Å². The number of hydrogen-bond donors (Lipinski definition) is 1. The molecule has 142 valence electrons. The molecule has 1 N–H and O–H groups in total. The normalized spacial score (nSPS) is 13.8. The summed E-state index contributed by atoms with van der Waals surface area (Å²) in [4.78, 5) is 30.4. The number of halogens is 4. The topological polar surface area (TPSA) is 62.3 Å². The fraction of sp³-hybridized carbons (Fsp3) is 0.235. The van der Waals surface area contributed by atoms with Crippen molar-refractivity contribution in [3.05, 3.63) is 51.7 Å². The quantitative estimate of drug-likeness (QED) is 0.476. The first-order valence-electron chi connectivity index (χ1n) is 7.74. The average Bonchev–Trinajstić information content (AvgIpc) is 3.06. The zero-order valence-corrected chi connectivity index (χ0v) is 15.0. The van der Waals surface area contributed by atoms with Crippen LogP contribution < -0.4 is 5.32 Å². The van der Waals surface area contributed by atoms with Crippen LogP contribution in [0, 0.1) is 23.3 Å². The predicted molar refractivity (Wildman–Crippen MR) is 90.7 cm³/mol. The van der Waals surface area contributed by atoms with Crippen LogP contribution in [-0.2, 0) is 0 Å². The Morgan fingerprint density at radius 3 is 2.48 bits per heavy atom. The number of benzene rings is 1. The van der Waals surface area contributed by atoms with Gasteiger partial charge in [0.15, 0.2) is 23.3 Å². The molecule has 2 aromatic rings. The summed E-state index contributed by atoms with van der Waals surface area (Å²) in [6, 6.07) is 0.441. The van der Waals surface area contributed by atoms with E-state index in [1.807, 2.05) is 19.0 Å². The molecule has 1 aliphatic rings. The van der Waals surface area contributed by atoms with Crippen molar-refractivity contribution in [2.45, 2.75) is 0 Å². The largest absolute Gasteiger partial charge is 0.380 e. The molecule has 1 aliphatic carbocycles. The molecule has 1 aromatic carbocycles. The molecule has 0 saturated carbocycles. The SMILES string of the molecule is CN(C)CCNC1=CC(=O)c2nc(-c3cc(F)c(F)c(F)c3F)sc2C1=O. The highest BCUT2D eigenvalue weighted by Crippen LogP contribution is 2.35. The molecule has 0 bridgehead atoms. The second-order valence-electron chi connectivity index (χ2n) is 6.03. The van der Waals surface area contributed by atoms with Crippen LogP contribution in [0.3, 0.4) is 0 Å². The summed E-state index contributed by atoms with van der Waals surface area (Å²) < 4.78 is 54.0. The first-order chi connectivity index (χ1) is 12.7. The number of nitrogens with zero attached hydrogens (tertiary/aromatic N) is 2. The van der Waals surface area contributed by atoms with Gasteiger partial charge in [-0.15, -0.1) is 11.3 Å². The highest BCUT2D eigenvalue weighted by Gasteiger charge is 2.31. The van der Waals surface area contributed by atoms with Gasteiger partial charge in [0.2, 0.25) is 11.6 Å². The number of rotatable bonds is 5. The first-order valence-corrected chi connectivity index (χ1v) is 8.56. The van der Waals surface area contributed by atoms with Gasteiger partial charge in [-0.25, -0.2) is 22.5 Å². The molecule has 10 heteroatoms. The highest BCUT2D eigenvalue weighted by atomic mass is 32.1. The number of carbonyl (C=O) groups excluding carboxylic acids is 2. The Labute approximate surface area is 155 Å². The van der Waals surface area contributed by atoms with Crippen molar-refractivity contribution in [2.75, 3.05) is 27.2 Å². The molecule has 0 radical (unpaired) electrons. The van der Waals surface area contributed by atoms with Gasteiger partial charge in [0.25, 0.3) is 0 Å². The van der Waals surface area contributed by atoms with Crippen LogP contribution in [0.5, 0.6) is 0 Å². The van der Waals surface area contributed by atoms with Gasteiger partial charge >= 0.3 is 0 Å². The highest BCUT2D eigenvalue weighted by molar-refractivity contribution is 7.17. The maximum atomic E-state index is 14.0. The first kappa shape index (κ1) is 19.2. The van der Waals surface area contributed by atoms with Gasteiger partial charge in [0, 0.05) is 19.2 Å². The van der Waals surface area contributed by atoms with Crippen LogP contribution in [0.1, 0.15) is 20.2 Å². The van der Waals surface area contributed by atoms with Crippen LogP contribution >= 0.6 is 11.3 Å². The second-order valence-corrected chi connectivity index (χ2v) is 7.03. The molecule has 0 amide bonds. The molecular formula is C17H13F4N3O2S. The fourth-order valence-electron chi connectivity index (χ4n) is 2.42. The summed E-state index contributed by atoms with van der Waals surface area (Å²) in [6.07, 6.45) is 1.08. The molecule has 0 aliphatic heterocycles. The summed E-state index contributed by atoms with van der Waals surface area (Å²) >= 11 is 0.613. The van der Waals surface area contributed by atoms with Crippen molar-refractivity contribution >= 4 is 22.9 Å². The van der Waals surface area contributed by atoms with E-state index in [0.29, 0.717) is 30.5 Å². The molecule has 0 unspecified atom stereocenters. The monoisotopic (exact) mass is 399 g/mol. The Hall–Kier alpha value is -2.59. The van der Waals surface area contributed by atoms with Crippen molar-refractivity contribution < 1.29 is 27.2 Å². The van der Waals surface area contributed by atoms with Gasteiger partial charge in [0.1, 0.15) is 15.6 Å². The fourth-order valence-corrected chi connectivity index (χ4v) is 3.45. The molecule has 27 heavy (non-hydrogen) atoms. The zero-order chi connectivity index (χ0) is 19.9. The third-order valence-electron chi connectivity index (χ3n) is 3.79. The lowest BCUT2D eigenvalue weighted by molar-refractivity contribution is 0.0978. The van der Waals surface area contributed by atoms with Gasteiger partial charge in [-0.2, -0.15) is 0 Å². The summed E-state index contributed by atoms with van der Waals surface area (Å²) in [6.45, 7) is 1.01.